The predicted molar refractivity (Wildman–Crippen MR) is 71.1 cm³/mol. The molecular weight excluding hydrogens is 355 g/mol. The van der Waals surface area contributed by atoms with E-state index in [-0.39, 0.29) is 23.9 Å². The standard InChI is InChI=1S/C11H10BrFN2O4S/c12-7-5-8(11(16)17)10(13)9(6-7)20(18,19)15-4-2-1-3-14/h5-6,15H,1-2,4H2,(H,16,17). The summed E-state index contributed by atoms with van der Waals surface area (Å²) in [5, 5.41) is 17.1. The topological polar surface area (TPSA) is 107 Å². The van der Waals surface area contributed by atoms with Crippen LogP contribution in [0.3, 0.4) is 0 Å². The first-order chi connectivity index (χ1) is 9.29. The molecular formula is C11H10BrFN2O4S. The van der Waals surface area contributed by atoms with E-state index in [1.54, 1.807) is 0 Å². The molecule has 0 amide bonds. The summed E-state index contributed by atoms with van der Waals surface area (Å²) in [5.74, 6) is -2.89. The van der Waals surface area contributed by atoms with E-state index >= 15 is 0 Å². The fraction of sp³-hybridized carbons (Fsp3) is 0.273. The first-order valence-corrected chi connectivity index (χ1v) is 7.66. The van der Waals surface area contributed by atoms with Crippen molar-refractivity contribution in [3.63, 3.8) is 0 Å². The fourth-order valence-electron chi connectivity index (χ4n) is 1.37. The monoisotopic (exact) mass is 364 g/mol. The maximum absolute atomic E-state index is 13.9. The van der Waals surface area contributed by atoms with E-state index in [0.29, 0.717) is 0 Å². The normalized spacial score (nSPS) is 11.1. The van der Waals surface area contributed by atoms with Crippen LogP contribution in [0.25, 0.3) is 0 Å². The largest absolute Gasteiger partial charge is 0.478 e. The van der Waals surface area contributed by atoms with Gasteiger partial charge in [0.1, 0.15) is 4.90 Å². The van der Waals surface area contributed by atoms with Gasteiger partial charge in [-0.15, -0.1) is 0 Å². The van der Waals surface area contributed by atoms with Crippen LogP contribution < -0.4 is 4.72 Å². The molecule has 0 saturated carbocycles. The molecule has 1 rings (SSSR count). The number of carbonyl (C=O) groups is 1. The Morgan fingerprint density at radius 3 is 2.70 bits per heavy atom. The number of sulfonamides is 1. The Kier molecular flexibility index (Phi) is 5.62. The van der Waals surface area contributed by atoms with Crippen LogP contribution in [0, 0.1) is 17.1 Å². The highest BCUT2D eigenvalue weighted by Gasteiger charge is 2.24. The number of nitriles is 1. The van der Waals surface area contributed by atoms with Crippen LogP contribution >= 0.6 is 15.9 Å². The van der Waals surface area contributed by atoms with E-state index < -0.39 is 32.3 Å². The van der Waals surface area contributed by atoms with Gasteiger partial charge in [-0.3, -0.25) is 0 Å². The van der Waals surface area contributed by atoms with Gasteiger partial charge in [-0.05, 0) is 18.6 Å². The first kappa shape index (κ1) is 16.6. The second-order valence-electron chi connectivity index (χ2n) is 3.73. The molecule has 0 atom stereocenters. The Morgan fingerprint density at radius 2 is 2.15 bits per heavy atom. The minimum absolute atomic E-state index is 0.0374. The summed E-state index contributed by atoms with van der Waals surface area (Å²) in [7, 11) is -4.18. The number of nitrogens with zero attached hydrogens (tertiary/aromatic N) is 1. The van der Waals surface area contributed by atoms with Crippen molar-refractivity contribution >= 4 is 31.9 Å². The number of unbranched alkanes of at least 4 members (excludes halogenated alkanes) is 1. The molecule has 6 nitrogen and oxygen atoms in total. The van der Waals surface area contributed by atoms with Crippen molar-refractivity contribution in [3.8, 4) is 6.07 Å². The highest BCUT2D eigenvalue weighted by molar-refractivity contribution is 9.10. The summed E-state index contributed by atoms with van der Waals surface area (Å²) in [4.78, 5) is 10.1. The molecule has 0 fully saturated rings. The van der Waals surface area contributed by atoms with Gasteiger partial charge in [0.2, 0.25) is 10.0 Å². The third-order valence-electron chi connectivity index (χ3n) is 2.28. The molecule has 0 aliphatic heterocycles. The molecule has 2 N–H and O–H groups in total. The Morgan fingerprint density at radius 1 is 1.50 bits per heavy atom. The van der Waals surface area contributed by atoms with Crippen LogP contribution in [-0.4, -0.2) is 26.0 Å². The van der Waals surface area contributed by atoms with Crippen molar-refractivity contribution < 1.29 is 22.7 Å². The minimum Gasteiger partial charge on any atom is -0.478 e. The summed E-state index contributed by atoms with van der Waals surface area (Å²) in [6.45, 7) is -0.0374. The van der Waals surface area contributed by atoms with E-state index in [1.165, 1.54) is 0 Å². The van der Waals surface area contributed by atoms with E-state index in [1.807, 2.05) is 6.07 Å². The van der Waals surface area contributed by atoms with Crippen molar-refractivity contribution in [2.75, 3.05) is 6.54 Å². The maximum Gasteiger partial charge on any atom is 0.338 e. The molecule has 0 spiro atoms. The molecule has 0 unspecified atom stereocenters. The van der Waals surface area contributed by atoms with Crippen LogP contribution in [0.1, 0.15) is 23.2 Å². The van der Waals surface area contributed by atoms with Crippen molar-refractivity contribution in [2.24, 2.45) is 0 Å². The molecule has 108 valence electrons. The van der Waals surface area contributed by atoms with Gasteiger partial charge in [0, 0.05) is 17.4 Å². The smallest absolute Gasteiger partial charge is 0.338 e. The van der Waals surface area contributed by atoms with Crippen molar-refractivity contribution in [1.29, 1.82) is 5.26 Å². The van der Waals surface area contributed by atoms with Gasteiger partial charge in [-0.25, -0.2) is 22.3 Å². The number of nitrogens with one attached hydrogen (secondary N) is 1. The van der Waals surface area contributed by atoms with Gasteiger partial charge in [0.25, 0.3) is 0 Å². The lowest BCUT2D eigenvalue weighted by atomic mass is 10.2. The van der Waals surface area contributed by atoms with E-state index in [9.17, 15) is 17.6 Å². The average molecular weight is 365 g/mol. The van der Waals surface area contributed by atoms with E-state index in [2.05, 4.69) is 20.7 Å². The van der Waals surface area contributed by atoms with Gasteiger partial charge >= 0.3 is 5.97 Å². The maximum atomic E-state index is 13.9. The summed E-state index contributed by atoms with van der Waals surface area (Å²) < 4.78 is 39.9. The van der Waals surface area contributed by atoms with Crippen LogP contribution in [0.4, 0.5) is 4.39 Å². The summed E-state index contributed by atoms with van der Waals surface area (Å²) >= 11 is 2.94. The summed E-state index contributed by atoms with van der Waals surface area (Å²) in [5.41, 5.74) is -0.739. The molecule has 1 aromatic carbocycles. The summed E-state index contributed by atoms with van der Waals surface area (Å²) in [6, 6.07) is 3.80. The van der Waals surface area contributed by atoms with E-state index in [4.69, 9.17) is 10.4 Å². The lowest BCUT2D eigenvalue weighted by Gasteiger charge is -2.09. The van der Waals surface area contributed by atoms with Crippen molar-refractivity contribution in [2.45, 2.75) is 17.7 Å². The molecule has 0 aliphatic rings. The van der Waals surface area contributed by atoms with Crippen molar-refractivity contribution in [3.05, 3.63) is 28.0 Å². The van der Waals surface area contributed by atoms with Gasteiger partial charge in [0.15, 0.2) is 5.82 Å². The van der Waals surface area contributed by atoms with E-state index in [0.717, 1.165) is 12.1 Å². The molecule has 0 aromatic heterocycles. The third kappa shape index (κ3) is 4.00. The van der Waals surface area contributed by atoms with Crippen LogP contribution in [0.5, 0.6) is 0 Å². The zero-order valence-corrected chi connectivity index (χ0v) is 12.5. The summed E-state index contributed by atoms with van der Waals surface area (Å²) in [6.07, 6.45) is 0.432. The number of rotatable bonds is 6. The highest BCUT2D eigenvalue weighted by atomic mass is 79.9. The lowest BCUT2D eigenvalue weighted by Crippen LogP contribution is -2.26. The van der Waals surface area contributed by atoms with Gasteiger partial charge < -0.3 is 5.11 Å². The minimum atomic E-state index is -4.18. The second kappa shape index (κ2) is 6.78. The predicted octanol–water partition coefficient (Wildman–Crippen LogP) is 1.87. The average Bonchev–Trinajstić information content (AvgIpc) is 2.36. The number of aromatic carboxylic acids is 1. The number of hydrogen-bond donors (Lipinski definition) is 2. The quantitative estimate of drug-likeness (QED) is 0.749. The Bertz CT molecular complexity index is 670. The van der Waals surface area contributed by atoms with Crippen LogP contribution in [0.15, 0.2) is 21.5 Å². The van der Waals surface area contributed by atoms with Crippen LogP contribution in [0.2, 0.25) is 0 Å². The molecule has 0 heterocycles. The Hall–Kier alpha value is -1.50. The first-order valence-electron chi connectivity index (χ1n) is 5.38. The van der Waals surface area contributed by atoms with Gasteiger partial charge in [-0.2, -0.15) is 5.26 Å². The molecule has 9 heteroatoms. The Labute approximate surface area is 123 Å². The molecule has 1 aromatic rings. The fourth-order valence-corrected chi connectivity index (χ4v) is 3.17. The molecule has 0 saturated heterocycles. The number of hydrogen-bond acceptors (Lipinski definition) is 4. The molecule has 0 aliphatic carbocycles. The molecule has 0 bridgehead atoms. The third-order valence-corrected chi connectivity index (χ3v) is 4.20. The highest BCUT2D eigenvalue weighted by Crippen LogP contribution is 2.24. The van der Waals surface area contributed by atoms with Gasteiger partial charge in [-0.1, -0.05) is 15.9 Å². The van der Waals surface area contributed by atoms with Crippen LogP contribution in [-0.2, 0) is 10.0 Å². The second-order valence-corrected chi connectivity index (χ2v) is 6.38. The number of benzene rings is 1. The lowest BCUT2D eigenvalue weighted by molar-refractivity contribution is 0.0691. The van der Waals surface area contributed by atoms with Gasteiger partial charge in [0.05, 0.1) is 11.6 Å². The number of carboxylic acids is 1. The zero-order chi connectivity index (χ0) is 15.3. The SMILES string of the molecule is N#CCCCNS(=O)(=O)c1cc(Br)cc(C(=O)O)c1F. The Balaban J connectivity index is 3.12. The molecule has 20 heavy (non-hydrogen) atoms. The zero-order valence-electron chi connectivity index (χ0n) is 10.1. The van der Waals surface area contributed by atoms with Crippen molar-refractivity contribution in [1.82, 2.24) is 4.72 Å². The molecule has 0 radical (unpaired) electrons. The number of carboxylic acid groups (broad SMARTS) is 1. The number of halogens is 2.